The summed E-state index contributed by atoms with van der Waals surface area (Å²) in [7, 11) is 1.98. The van der Waals surface area contributed by atoms with E-state index in [9.17, 15) is 0 Å². The summed E-state index contributed by atoms with van der Waals surface area (Å²) in [4.78, 5) is 10.8. The van der Waals surface area contributed by atoms with Crippen LogP contribution in [0.3, 0.4) is 0 Å². The van der Waals surface area contributed by atoms with E-state index >= 15 is 0 Å². The Hall–Kier alpha value is -1.46. The number of nitrogens with two attached hydrogens (primary N) is 1. The van der Waals surface area contributed by atoms with E-state index in [4.69, 9.17) is 5.73 Å². The molecule has 19 heavy (non-hydrogen) atoms. The lowest BCUT2D eigenvalue weighted by molar-refractivity contribution is 0.775. The monoisotopic (exact) mass is 320 g/mol. The van der Waals surface area contributed by atoms with Gasteiger partial charge >= 0.3 is 0 Å². The molecule has 2 N–H and O–H groups in total. The molecule has 0 atom stereocenters. The van der Waals surface area contributed by atoms with Crippen LogP contribution in [0.15, 0.2) is 41.1 Å². The van der Waals surface area contributed by atoms with Crippen molar-refractivity contribution in [2.75, 3.05) is 25.0 Å². The first-order valence-corrected chi connectivity index (χ1v) is 7.00. The quantitative estimate of drug-likeness (QED) is 0.920. The summed E-state index contributed by atoms with van der Waals surface area (Å²) in [5.74, 6) is 0.726. The summed E-state index contributed by atoms with van der Waals surface area (Å²) >= 11 is 3.53. The van der Waals surface area contributed by atoms with Gasteiger partial charge in [-0.15, -0.1) is 0 Å². The lowest BCUT2D eigenvalue weighted by Gasteiger charge is -2.16. The van der Waals surface area contributed by atoms with Gasteiger partial charge in [-0.1, -0.05) is 34.1 Å². The molecule has 1 aromatic heterocycles. The highest BCUT2D eigenvalue weighted by atomic mass is 79.9. The molecule has 0 aliphatic carbocycles. The minimum Gasteiger partial charge on any atom is -0.344 e. The van der Waals surface area contributed by atoms with E-state index in [1.165, 1.54) is 0 Å². The lowest BCUT2D eigenvalue weighted by Crippen LogP contribution is -2.22. The summed E-state index contributed by atoms with van der Waals surface area (Å²) in [6, 6.07) is 8.04. The first-order chi connectivity index (χ1) is 9.22. The van der Waals surface area contributed by atoms with E-state index in [1.54, 1.807) is 0 Å². The molecule has 1 aromatic carbocycles. The third-order valence-corrected chi connectivity index (χ3v) is 3.55. The number of benzene rings is 1. The largest absolute Gasteiger partial charge is 0.344 e. The average molecular weight is 321 g/mol. The molecule has 0 amide bonds. The van der Waals surface area contributed by atoms with Gasteiger partial charge in [-0.2, -0.15) is 0 Å². The molecule has 0 bridgehead atoms. The molecule has 0 aliphatic rings. The highest BCUT2D eigenvalue weighted by Crippen LogP contribution is 2.27. The molecule has 0 spiro atoms. The van der Waals surface area contributed by atoms with Crippen LogP contribution in [-0.2, 0) is 0 Å². The van der Waals surface area contributed by atoms with Gasteiger partial charge in [0.25, 0.3) is 0 Å². The maximum atomic E-state index is 5.50. The number of nitrogens with zero attached hydrogens (tertiary/aromatic N) is 3. The molecule has 0 radical (unpaired) electrons. The topological polar surface area (TPSA) is 55.0 Å². The van der Waals surface area contributed by atoms with E-state index in [-0.39, 0.29) is 0 Å². The molecule has 2 aromatic rings. The first-order valence-electron chi connectivity index (χ1n) is 6.20. The second-order valence-electron chi connectivity index (χ2n) is 4.32. The summed E-state index contributed by atoms with van der Waals surface area (Å²) in [6.45, 7) is 1.55. The van der Waals surface area contributed by atoms with Crippen LogP contribution < -0.4 is 10.6 Å². The molecular formula is C14H17BrN4. The maximum Gasteiger partial charge on any atom is 0.225 e. The minimum absolute atomic E-state index is 0.680. The van der Waals surface area contributed by atoms with Crippen LogP contribution in [-0.4, -0.2) is 30.1 Å². The first kappa shape index (κ1) is 14.0. The minimum atomic E-state index is 0.680. The fraction of sp³-hybridized carbons (Fsp3) is 0.286. The van der Waals surface area contributed by atoms with E-state index in [1.807, 2.05) is 48.6 Å². The molecular weight excluding hydrogens is 304 g/mol. The number of aromatic nitrogens is 2. The highest BCUT2D eigenvalue weighted by Gasteiger charge is 2.06. The number of hydrogen-bond acceptors (Lipinski definition) is 4. The Morgan fingerprint density at radius 1 is 1.21 bits per heavy atom. The fourth-order valence-corrected chi connectivity index (χ4v) is 2.29. The second kappa shape index (κ2) is 6.63. The lowest BCUT2D eigenvalue weighted by atomic mass is 10.1. The van der Waals surface area contributed by atoms with Gasteiger partial charge in [-0.05, 0) is 24.6 Å². The predicted molar refractivity (Wildman–Crippen MR) is 82.1 cm³/mol. The maximum absolute atomic E-state index is 5.50. The molecule has 2 rings (SSSR count). The van der Waals surface area contributed by atoms with Crippen molar-refractivity contribution >= 4 is 21.9 Å². The van der Waals surface area contributed by atoms with Gasteiger partial charge in [0.2, 0.25) is 5.95 Å². The van der Waals surface area contributed by atoms with Crippen LogP contribution in [0.1, 0.15) is 6.42 Å². The zero-order valence-electron chi connectivity index (χ0n) is 10.9. The molecule has 5 heteroatoms. The van der Waals surface area contributed by atoms with Crippen LogP contribution in [0, 0.1) is 0 Å². The van der Waals surface area contributed by atoms with Crippen molar-refractivity contribution in [3.8, 4) is 11.1 Å². The van der Waals surface area contributed by atoms with Gasteiger partial charge in [0, 0.05) is 36.0 Å². The van der Waals surface area contributed by atoms with Crippen molar-refractivity contribution in [1.29, 1.82) is 0 Å². The molecule has 4 nitrogen and oxygen atoms in total. The van der Waals surface area contributed by atoms with Gasteiger partial charge in [0.05, 0.1) is 0 Å². The van der Waals surface area contributed by atoms with Gasteiger partial charge in [0.1, 0.15) is 0 Å². The van der Waals surface area contributed by atoms with Gasteiger partial charge < -0.3 is 10.6 Å². The Balaban J connectivity index is 2.17. The van der Waals surface area contributed by atoms with E-state index in [0.717, 1.165) is 34.5 Å². The third kappa shape index (κ3) is 3.52. The van der Waals surface area contributed by atoms with Crippen LogP contribution >= 0.6 is 15.9 Å². The molecule has 100 valence electrons. The molecule has 0 saturated heterocycles. The van der Waals surface area contributed by atoms with E-state index < -0.39 is 0 Å². The Kier molecular flexibility index (Phi) is 4.87. The van der Waals surface area contributed by atoms with Crippen molar-refractivity contribution in [1.82, 2.24) is 9.97 Å². The van der Waals surface area contributed by atoms with Gasteiger partial charge in [0.15, 0.2) is 0 Å². The smallest absolute Gasteiger partial charge is 0.225 e. The molecule has 1 heterocycles. The van der Waals surface area contributed by atoms with Crippen molar-refractivity contribution in [2.24, 2.45) is 5.73 Å². The van der Waals surface area contributed by atoms with Crippen LogP contribution in [0.2, 0.25) is 0 Å². The zero-order chi connectivity index (χ0) is 13.7. The van der Waals surface area contributed by atoms with E-state index in [2.05, 4.69) is 25.9 Å². The number of anilines is 1. The number of rotatable bonds is 5. The Morgan fingerprint density at radius 3 is 2.53 bits per heavy atom. The molecule has 0 saturated carbocycles. The third-order valence-electron chi connectivity index (χ3n) is 2.86. The molecule has 0 unspecified atom stereocenters. The summed E-state index contributed by atoms with van der Waals surface area (Å²) in [5.41, 5.74) is 7.60. The van der Waals surface area contributed by atoms with Crippen LogP contribution in [0.4, 0.5) is 5.95 Å². The molecule has 0 fully saturated rings. The Bertz CT molecular complexity index is 527. The van der Waals surface area contributed by atoms with Crippen molar-refractivity contribution in [3.63, 3.8) is 0 Å². The van der Waals surface area contributed by atoms with E-state index in [0.29, 0.717) is 6.54 Å². The Morgan fingerprint density at radius 2 is 1.89 bits per heavy atom. The van der Waals surface area contributed by atoms with Crippen LogP contribution in [0.5, 0.6) is 0 Å². The predicted octanol–water partition coefficient (Wildman–Crippen LogP) is 2.69. The number of hydrogen-bond donors (Lipinski definition) is 1. The van der Waals surface area contributed by atoms with Gasteiger partial charge in [-0.3, -0.25) is 0 Å². The Labute approximate surface area is 121 Å². The normalized spacial score (nSPS) is 10.5. The summed E-state index contributed by atoms with van der Waals surface area (Å²) in [6.07, 6.45) is 4.63. The second-order valence-corrected chi connectivity index (χ2v) is 5.17. The highest BCUT2D eigenvalue weighted by molar-refractivity contribution is 9.10. The fourth-order valence-electron chi connectivity index (χ4n) is 1.78. The van der Waals surface area contributed by atoms with Crippen molar-refractivity contribution < 1.29 is 0 Å². The van der Waals surface area contributed by atoms with Crippen molar-refractivity contribution in [3.05, 3.63) is 41.1 Å². The SMILES string of the molecule is CN(CCCN)c1ncc(-c2ccccc2Br)cn1. The summed E-state index contributed by atoms with van der Waals surface area (Å²) in [5, 5.41) is 0. The molecule has 0 aliphatic heterocycles. The standard InChI is InChI=1S/C14H17BrN4/c1-19(8-4-7-16)14-17-9-11(10-18-14)12-5-2-3-6-13(12)15/h2-3,5-6,9-10H,4,7-8,16H2,1H3. The average Bonchev–Trinajstić information content (AvgIpc) is 2.45. The van der Waals surface area contributed by atoms with Crippen molar-refractivity contribution in [2.45, 2.75) is 6.42 Å². The zero-order valence-corrected chi connectivity index (χ0v) is 12.5. The van der Waals surface area contributed by atoms with Gasteiger partial charge in [-0.25, -0.2) is 9.97 Å². The summed E-state index contributed by atoms with van der Waals surface area (Å²) < 4.78 is 1.04. The number of halogens is 1. The van der Waals surface area contributed by atoms with Crippen LogP contribution in [0.25, 0.3) is 11.1 Å².